The lowest BCUT2D eigenvalue weighted by molar-refractivity contribution is 0.168. The van der Waals surface area contributed by atoms with Crippen LogP contribution >= 0.6 is 0 Å². The zero-order valence-corrected chi connectivity index (χ0v) is 13.3. The van der Waals surface area contributed by atoms with Gasteiger partial charge in [-0.15, -0.1) is 0 Å². The van der Waals surface area contributed by atoms with Crippen LogP contribution in [0.3, 0.4) is 0 Å². The molecule has 2 aromatic rings. The van der Waals surface area contributed by atoms with E-state index in [2.05, 4.69) is 21.9 Å². The molecule has 0 spiro atoms. The summed E-state index contributed by atoms with van der Waals surface area (Å²) in [4.78, 5) is 11.4. The number of nitrogens with zero attached hydrogens (tertiary/aromatic N) is 2. The Kier molecular flexibility index (Phi) is 5.20. The highest BCUT2D eigenvalue weighted by molar-refractivity contribution is 5.87. The zero-order chi connectivity index (χ0) is 16.8. The van der Waals surface area contributed by atoms with Crippen LogP contribution in [0.4, 0.5) is 16.2 Å². The zero-order valence-electron chi connectivity index (χ0n) is 13.3. The van der Waals surface area contributed by atoms with Crippen LogP contribution in [-0.2, 0) is 11.3 Å². The maximum absolute atomic E-state index is 11.4. The van der Waals surface area contributed by atoms with Gasteiger partial charge in [-0.3, -0.25) is 5.32 Å². The third-order valence-corrected chi connectivity index (χ3v) is 3.30. The highest BCUT2D eigenvalue weighted by Gasteiger charge is 2.10. The highest BCUT2D eigenvalue weighted by atomic mass is 16.5. The molecule has 0 aliphatic rings. The molecular weight excluding hydrogens is 296 g/mol. The average molecular weight is 314 g/mol. The second-order valence-corrected chi connectivity index (χ2v) is 4.87. The number of hydrogen-bond donors (Lipinski definition) is 2. The summed E-state index contributed by atoms with van der Waals surface area (Å²) in [7, 11) is 0. The number of carbonyl (C=O) groups excluding carboxylic acids is 1. The molecule has 1 amide bonds. The number of nitriles is 1. The maximum Gasteiger partial charge on any atom is 0.411 e. The lowest BCUT2D eigenvalue weighted by Crippen LogP contribution is -2.14. The molecule has 7 nitrogen and oxygen atoms in total. The fourth-order valence-electron chi connectivity index (χ4n) is 2.08. The molecule has 0 radical (unpaired) electrons. The van der Waals surface area contributed by atoms with E-state index < -0.39 is 6.09 Å². The van der Waals surface area contributed by atoms with Crippen molar-refractivity contribution in [3.63, 3.8) is 0 Å². The van der Waals surface area contributed by atoms with E-state index in [-0.39, 0.29) is 6.61 Å². The van der Waals surface area contributed by atoms with Crippen LogP contribution in [-0.4, -0.2) is 17.9 Å². The van der Waals surface area contributed by atoms with Gasteiger partial charge in [0.25, 0.3) is 0 Å². The van der Waals surface area contributed by atoms with Crippen molar-refractivity contribution in [3.8, 4) is 6.07 Å². The molecular formula is C16H18N4O3. The van der Waals surface area contributed by atoms with E-state index in [4.69, 9.17) is 9.26 Å². The Bertz CT molecular complexity index is 727. The fourth-order valence-corrected chi connectivity index (χ4v) is 2.08. The third kappa shape index (κ3) is 4.01. The largest absolute Gasteiger partial charge is 0.450 e. The van der Waals surface area contributed by atoms with Crippen molar-refractivity contribution < 1.29 is 14.1 Å². The Balaban J connectivity index is 2.10. The second kappa shape index (κ2) is 7.31. The van der Waals surface area contributed by atoms with Gasteiger partial charge in [-0.2, -0.15) is 5.26 Å². The van der Waals surface area contributed by atoms with Gasteiger partial charge in [0.15, 0.2) is 0 Å². The Labute approximate surface area is 134 Å². The molecule has 120 valence electrons. The van der Waals surface area contributed by atoms with E-state index in [9.17, 15) is 10.1 Å². The minimum absolute atomic E-state index is 0.269. The summed E-state index contributed by atoms with van der Waals surface area (Å²) < 4.78 is 9.92. The van der Waals surface area contributed by atoms with Crippen molar-refractivity contribution in [2.75, 3.05) is 17.2 Å². The molecule has 0 atom stereocenters. The maximum atomic E-state index is 11.4. The SMILES string of the molecule is CCOC(=O)Nc1ccc(NCc2c(C)noc2C)cc1C#N. The van der Waals surface area contributed by atoms with Crippen LogP contribution in [0.15, 0.2) is 22.7 Å². The van der Waals surface area contributed by atoms with E-state index in [1.54, 1.807) is 25.1 Å². The summed E-state index contributed by atoms with van der Waals surface area (Å²) in [5.74, 6) is 0.760. The van der Waals surface area contributed by atoms with Gasteiger partial charge in [-0.05, 0) is 39.0 Å². The molecule has 0 saturated heterocycles. The van der Waals surface area contributed by atoms with Crippen molar-refractivity contribution in [2.45, 2.75) is 27.3 Å². The number of ether oxygens (including phenoxy) is 1. The minimum Gasteiger partial charge on any atom is -0.450 e. The average Bonchev–Trinajstić information content (AvgIpc) is 2.85. The number of carbonyl (C=O) groups is 1. The highest BCUT2D eigenvalue weighted by Crippen LogP contribution is 2.21. The summed E-state index contributed by atoms with van der Waals surface area (Å²) in [6.45, 7) is 6.25. The smallest absolute Gasteiger partial charge is 0.411 e. The van der Waals surface area contributed by atoms with Gasteiger partial charge in [-0.1, -0.05) is 5.16 Å². The van der Waals surface area contributed by atoms with Crippen LogP contribution < -0.4 is 10.6 Å². The van der Waals surface area contributed by atoms with Crippen molar-refractivity contribution in [3.05, 3.63) is 40.8 Å². The van der Waals surface area contributed by atoms with Crippen molar-refractivity contribution >= 4 is 17.5 Å². The third-order valence-electron chi connectivity index (χ3n) is 3.30. The van der Waals surface area contributed by atoms with E-state index in [1.165, 1.54) is 0 Å². The summed E-state index contributed by atoms with van der Waals surface area (Å²) in [6.07, 6.45) is -0.583. The van der Waals surface area contributed by atoms with E-state index in [0.717, 1.165) is 22.7 Å². The van der Waals surface area contributed by atoms with Crippen LogP contribution in [0.25, 0.3) is 0 Å². The number of amides is 1. The standard InChI is InChI=1S/C16H18N4O3/c1-4-22-16(21)19-15-6-5-13(7-12(15)8-17)18-9-14-10(2)20-23-11(14)3/h5-7,18H,4,9H2,1-3H3,(H,19,21). The molecule has 0 unspecified atom stereocenters. The lowest BCUT2D eigenvalue weighted by Gasteiger charge is -2.10. The molecule has 0 aliphatic heterocycles. The van der Waals surface area contributed by atoms with Crippen LogP contribution in [0.5, 0.6) is 0 Å². The number of aromatic nitrogens is 1. The van der Waals surface area contributed by atoms with Crippen molar-refractivity contribution in [2.24, 2.45) is 0 Å². The Hall–Kier alpha value is -3.01. The van der Waals surface area contributed by atoms with E-state index in [0.29, 0.717) is 17.8 Å². The van der Waals surface area contributed by atoms with Crippen LogP contribution in [0.2, 0.25) is 0 Å². The Morgan fingerprint density at radius 3 is 2.83 bits per heavy atom. The normalized spacial score (nSPS) is 10.0. The lowest BCUT2D eigenvalue weighted by atomic mass is 10.1. The number of hydrogen-bond acceptors (Lipinski definition) is 6. The molecule has 0 bridgehead atoms. The first-order valence-corrected chi connectivity index (χ1v) is 7.18. The summed E-state index contributed by atoms with van der Waals surface area (Å²) >= 11 is 0. The molecule has 1 heterocycles. The molecule has 1 aromatic carbocycles. The number of benzene rings is 1. The van der Waals surface area contributed by atoms with Gasteiger partial charge in [0.2, 0.25) is 0 Å². The molecule has 23 heavy (non-hydrogen) atoms. The first kappa shape index (κ1) is 16.4. The van der Waals surface area contributed by atoms with Crippen LogP contribution in [0, 0.1) is 25.2 Å². The van der Waals surface area contributed by atoms with Gasteiger partial charge < -0.3 is 14.6 Å². The molecule has 0 aliphatic carbocycles. The Morgan fingerprint density at radius 1 is 1.43 bits per heavy atom. The number of rotatable bonds is 5. The van der Waals surface area contributed by atoms with Gasteiger partial charge in [0.05, 0.1) is 23.6 Å². The monoisotopic (exact) mass is 314 g/mol. The van der Waals surface area contributed by atoms with Gasteiger partial charge in [0, 0.05) is 17.8 Å². The fraction of sp³-hybridized carbons (Fsp3) is 0.312. The summed E-state index contributed by atoms with van der Waals surface area (Å²) in [6, 6.07) is 7.16. The summed E-state index contributed by atoms with van der Waals surface area (Å²) in [5.41, 5.74) is 3.33. The first-order chi connectivity index (χ1) is 11.0. The number of aryl methyl sites for hydroxylation is 2. The predicted octanol–water partition coefficient (Wildman–Crippen LogP) is 3.34. The Morgan fingerprint density at radius 2 is 2.22 bits per heavy atom. The van der Waals surface area contributed by atoms with E-state index >= 15 is 0 Å². The van der Waals surface area contributed by atoms with Crippen LogP contribution in [0.1, 0.15) is 29.5 Å². The first-order valence-electron chi connectivity index (χ1n) is 7.18. The topological polar surface area (TPSA) is 100 Å². The van der Waals surface area contributed by atoms with Crippen molar-refractivity contribution in [1.82, 2.24) is 5.16 Å². The number of anilines is 2. The molecule has 2 rings (SSSR count). The molecule has 0 saturated carbocycles. The van der Waals surface area contributed by atoms with E-state index in [1.807, 2.05) is 13.8 Å². The van der Waals surface area contributed by atoms with Gasteiger partial charge >= 0.3 is 6.09 Å². The molecule has 1 aromatic heterocycles. The quantitative estimate of drug-likeness (QED) is 0.878. The molecule has 7 heteroatoms. The predicted molar refractivity (Wildman–Crippen MR) is 85.1 cm³/mol. The molecule has 2 N–H and O–H groups in total. The molecule has 0 fully saturated rings. The minimum atomic E-state index is -0.583. The number of nitrogens with one attached hydrogen (secondary N) is 2. The summed E-state index contributed by atoms with van der Waals surface area (Å²) in [5, 5.41) is 18.9. The van der Waals surface area contributed by atoms with Gasteiger partial charge in [-0.25, -0.2) is 4.79 Å². The second-order valence-electron chi connectivity index (χ2n) is 4.87. The van der Waals surface area contributed by atoms with Gasteiger partial charge in [0.1, 0.15) is 11.8 Å². The van der Waals surface area contributed by atoms with Crippen molar-refractivity contribution in [1.29, 1.82) is 5.26 Å².